The number of hydrogen-bond acceptors (Lipinski definition) is 2. The van der Waals surface area contributed by atoms with Crippen molar-refractivity contribution in [1.29, 1.82) is 0 Å². The average molecular weight is 305 g/mol. The van der Waals surface area contributed by atoms with E-state index >= 15 is 0 Å². The lowest BCUT2D eigenvalue weighted by molar-refractivity contribution is 0.167. The monoisotopic (exact) mass is 305 g/mol. The van der Waals surface area contributed by atoms with Crippen LogP contribution < -0.4 is 0 Å². The molecule has 4 rings (SSSR count). The van der Waals surface area contributed by atoms with Gasteiger partial charge in [-0.1, -0.05) is 30.3 Å². The molecule has 1 aliphatic heterocycles. The molecule has 0 aliphatic carbocycles. The van der Waals surface area contributed by atoms with Crippen LogP contribution in [0, 0.1) is 5.92 Å². The van der Waals surface area contributed by atoms with Gasteiger partial charge in [0.05, 0.1) is 0 Å². The van der Waals surface area contributed by atoms with E-state index in [1.807, 2.05) is 12.4 Å². The van der Waals surface area contributed by atoms with Crippen LogP contribution in [0.15, 0.2) is 54.9 Å². The van der Waals surface area contributed by atoms with Crippen molar-refractivity contribution in [2.75, 3.05) is 13.1 Å². The number of hydrogen-bond donors (Lipinski definition) is 1. The van der Waals surface area contributed by atoms with Crippen LogP contribution in [0.3, 0.4) is 0 Å². The Bertz CT molecular complexity index is 763. The quantitative estimate of drug-likeness (QED) is 0.789. The topological polar surface area (TPSA) is 31.9 Å². The summed E-state index contributed by atoms with van der Waals surface area (Å²) >= 11 is 0. The predicted molar refractivity (Wildman–Crippen MR) is 94.2 cm³/mol. The van der Waals surface area contributed by atoms with E-state index in [4.69, 9.17) is 0 Å². The summed E-state index contributed by atoms with van der Waals surface area (Å²) in [6, 6.07) is 15.2. The molecule has 1 aromatic carbocycles. The van der Waals surface area contributed by atoms with Crippen molar-refractivity contribution in [3.63, 3.8) is 0 Å². The van der Waals surface area contributed by atoms with Crippen LogP contribution >= 0.6 is 0 Å². The lowest BCUT2D eigenvalue weighted by Gasteiger charge is -2.33. The van der Waals surface area contributed by atoms with E-state index in [2.05, 4.69) is 57.3 Å². The second-order valence-corrected chi connectivity index (χ2v) is 6.64. The molecule has 0 saturated carbocycles. The van der Waals surface area contributed by atoms with Gasteiger partial charge in [0.2, 0.25) is 0 Å². The number of nitrogens with one attached hydrogen (secondary N) is 1. The summed E-state index contributed by atoms with van der Waals surface area (Å²) in [7, 11) is 0. The van der Waals surface area contributed by atoms with Crippen LogP contribution in [0.1, 0.15) is 24.0 Å². The van der Waals surface area contributed by atoms with Gasteiger partial charge in [0.25, 0.3) is 0 Å². The molecular weight excluding hydrogens is 282 g/mol. The zero-order valence-electron chi connectivity index (χ0n) is 13.4. The fraction of sp³-hybridized carbons (Fsp3) is 0.350. The minimum absolute atomic E-state index is 0.743. The zero-order valence-corrected chi connectivity index (χ0v) is 13.4. The van der Waals surface area contributed by atoms with Gasteiger partial charge in [0.1, 0.15) is 5.65 Å². The first-order valence-corrected chi connectivity index (χ1v) is 8.56. The van der Waals surface area contributed by atoms with Gasteiger partial charge >= 0.3 is 0 Å². The Morgan fingerprint density at radius 2 is 2.04 bits per heavy atom. The SMILES string of the molecule is c1ccc(CN2CCCC(Cc3ccnc4[nH]ccc34)C2)cc1. The fourth-order valence-electron chi connectivity index (χ4n) is 3.81. The molecule has 1 fully saturated rings. The molecule has 0 radical (unpaired) electrons. The van der Waals surface area contributed by atoms with Crippen molar-refractivity contribution in [1.82, 2.24) is 14.9 Å². The molecule has 1 atom stereocenters. The number of H-pyrrole nitrogens is 1. The maximum atomic E-state index is 4.40. The first-order chi connectivity index (χ1) is 11.4. The summed E-state index contributed by atoms with van der Waals surface area (Å²) in [6.07, 6.45) is 7.71. The maximum absolute atomic E-state index is 4.40. The molecule has 1 N–H and O–H groups in total. The van der Waals surface area contributed by atoms with Crippen molar-refractivity contribution >= 4 is 11.0 Å². The molecule has 0 amide bonds. The molecule has 3 aromatic rings. The molecule has 3 nitrogen and oxygen atoms in total. The Morgan fingerprint density at radius 1 is 1.13 bits per heavy atom. The van der Waals surface area contributed by atoms with Crippen molar-refractivity contribution in [2.24, 2.45) is 5.92 Å². The van der Waals surface area contributed by atoms with Gasteiger partial charge in [-0.2, -0.15) is 0 Å². The van der Waals surface area contributed by atoms with E-state index < -0.39 is 0 Å². The van der Waals surface area contributed by atoms with Crippen LogP contribution in [-0.2, 0) is 13.0 Å². The van der Waals surface area contributed by atoms with Crippen molar-refractivity contribution < 1.29 is 0 Å². The smallest absolute Gasteiger partial charge is 0.137 e. The Hall–Kier alpha value is -2.13. The second-order valence-electron chi connectivity index (χ2n) is 6.64. The predicted octanol–water partition coefficient (Wildman–Crippen LogP) is 4.02. The highest BCUT2D eigenvalue weighted by atomic mass is 15.1. The largest absolute Gasteiger partial charge is 0.346 e. The minimum Gasteiger partial charge on any atom is -0.346 e. The Labute approximate surface area is 137 Å². The number of likely N-dealkylation sites (tertiary alicyclic amines) is 1. The van der Waals surface area contributed by atoms with E-state index in [9.17, 15) is 0 Å². The lowest BCUT2D eigenvalue weighted by atomic mass is 9.90. The average Bonchev–Trinajstić information content (AvgIpc) is 3.06. The van der Waals surface area contributed by atoms with Gasteiger partial charge < -0.3 is 4.98 Å². The molecule has 2 aromatic heterocycles. The molecule has 1 aliphatic rings. The molecule has 118 valence electrons. The molecule has 0 spiro atoms. The Kier molecular flexibility index (Phi) is 4.12. The summed E-state index contributed by atoms with van der Waals surface area (Å²) in [5, 5.41) is 1.28. The van der Waals surface area contributed by atoms with Crippen molar-refractivity contribution in [3.05, 3.63) is 66.0 Å². The van der Waals surface area contributed by atoms with Crippen LogP contribution in [-0.4, -0.2) is 28.0 Å². The van der Waals surface area contributed by atoms with Crippen molar-refractivity contribution in [3.8, 4) is 0 Å². The zero-order chi connectivity index (χ0) is 15.5. The van der Waals surface area contributed by atoms with Crippen LogP contribution in [0.4, 0.5) is 0 Å². The molecule has 3 heterocycles. The number of benzene rings is 1. The molecule has 1 unspecified atom stereocenters. The first kappa shape index (κ1) is 14.5. The number of aromatic amines is 1. The normalized spacial score (nSPS) is 19.2. The van der Waals surface area contributed by atoms with E-state index in [1.54, 1.807) is 0 Å². The number of rotatable bonds is 4. The van der Waals surface area contributed by atoms with Crippen LogP contribution in [0.25, 0.3) is 11.0 Å². The highest BCUT2D eigenvalue weighted by molar-refractivity contribution is 5.79. The van der Waals surface area contributed by atoms with Gasteiger partial charge in [-0.05, 0) is 55.0 Å². The summed E-state index contributed by atoms with van der Waals surface area (Å²) in [5.41, 5.74) is 3.87. The molecule has 3 heteroatoms. The van der Waals surface area contributed by atoms with Gasteiger partial charge in [-0.3, -0.25) is 4.90 Å². The van der Waals surface area contributed by atoms with Gasteiger partial charge in [0, 0.05) is 30.9 Å². The fourth-order valence-corrected chi connectivity index (χ4v) is 3.81. The van der Waals surface area contributed by atoms with Crippen LogP contribution in [0.5, 0.6) is 0 Å². The molecule has 1 saturated heterocycles. The lowest BCUT2D eigenvalue weighted by Crippen LogP contribution is -2.35. The van der Waals surface area contributed by atoms with E-state index in [-0.39, 0.29) is 0 Å². The highest BCUT2D eigenvalue weighted by Gasteiger charge is 2.21. The Balaban J connectivity index is 1.44. The highest BCUT2D eigenvalue weighted by Crippen LogP contribution is 2.25. The van der Waals surface area contributed by atoms with E-state index in [0.717, 1.165) is 24.5 Å². The second kappa shape index (κ2) is 6.55. The van der Waals surface area contributed by atoms with Gasteiger partial charge in [-0.25, -0.2) is 4.98 Å². The molecule has 23 heavy (non-hydrogen) atoms. The maximum Gasteiger partial charge on any atom is 0.137 e. The number of piperidine rings is 1. The third-order valence-corrected chi connectivity index (χ3v) is 4.91. The minimum atomic E-state index is 0.743. The summed E-state index contributed by atoms with van der Waals surface area (Å²) in [4.78, 5) is 10.2. The third-order valence-electron chi connectivity index (χ3n) is 4.91. The molecule has 0 bridgehead atoms. The number of pyridine rings is 1. The summed E-state index contributed by atoms with van der Waals surface area (Å²) < 4.78 is 0. The number of aromatic nitrogens is 2. The number of fused-ring (bicyclic) bond motifs is 1. The van der Waals surface area contributed by atoms with Crippen LogP contribution in [0.2, 0.25) is 0 Å². The Morgan fingerprint density at radius 3 is 2.96 bits per heavy atom. The first-order valence-electron chi connectivity index (χ1n) is 8.56. The van der Waals surface area contributed by atoms with E-state index in [1.165, 1.54) is 42.4 Å². The number of nitrogens with zero attached hydrogens (tertiary/aromatic N) is 2. The van der Waals surface area contributed by atoms with Gasteiger partial charge in [0.15, 0.2) is 0 Å². The standard InChI is InChI=1S/C20H23N3/c1-2-5-16(6-3-1)14-23-12-4-7-17(15-23)13-18-8-10-21-20-19(18)9-11-22-20/h1-3,5-6,8-11,17H,4,7,12-15H2,(H,21,22). The van der Waals surface area contributed by atoms with Gasteiger partial charge in [-0.15, -0.1) is 0 Å². The third kappa shape index (κ3) is 3.30. The summed E-state index contributed by atoms with van der Waals surface area (Å²) in [5.74, 6) is 0.743. The van der Waals surface area contributed by atoms with Crippen molar-refractivity contribution in [2.45, 2.75) is 25.8 Å². The molecular formula is C20H23N3. The van der Waals surface area contributed by atoms with E-state index in [0.29, 0.717) is 0 Å². The summed E-state index contributed by atoms with van der Waals surface area (Å²) in [6.45, 7) is 3.50.